The molecule has 0 radical (unpaired) electrons. The number of rotatable bonds is 6. The van der Waals surface area contributed by atoms with Crippen LogP contribution in [0.2, 0.25) is 5.02 Å². The maximum atomic E-state index is 11.6. The summed E-state index contributed by atoms with van der Waals surface area (Å²) in [5.41, 5.74) is 0.514. The third-order valence-corrected chi connectivity index (χ3v) is 2.67. The summed E-state index contributed by atoms with van der Waals surface area (Å²) in [7, 11) is 1.50. The van der Waals surface area contributed by atoms with E-state index in [1.54, 1.807) is 18.2 Å². The van der Waals surface area contributed by atoms with Crippen molar-refractivity contribution in [3.8, 4) is 5.75 Å². The van der Waals surface area contributed by atoms with Crippen molar-refractivity contribution in [2.45, 2.75) is 13.0 Å². The van der Waals surface area contributed by atoms with Gasteiger partial charge in [0.25, 0.3) is 0 Å². The van der Waals surface area contributed by atoms with Crippen LogP contribution in [-0.2, 0) is 9.59 Å². The number of ether oxygens (including phenoxy) is 1. The second-order valence-electron chi connectivity index (χ2n) is 3.84. The van der Waals surface area contributed by atoms with Crippen molar-refractivity contribution in [3.05, 3.63) is 23.2 Å². The van der Waals surface area contributed by atoms with Crippen LogP contribution in [0.4, 0.5) is 5.69 Å². The lowest BCUT2D eigenvalue weighted by Gasteiger charge is -2.10. The molecule has 1 amide bonds. The maximum absolute atomic E-state index is 11.6. The molecule has 0 spiro atoms. The molecule has 1 aromatic rings. The fourth-order valence-electron chi connectivity index (χ4n) is 1.28. The summed E-state index contributed by atoms with van der Waals surface area (Å²) in [6.45, 7) is 1.36. The van der Waals surface area contributed by atoms with E-state index < -0.39 is 12.0 Å². The van der Waals surface area contributed by atoms with E-state index in [0.29, 0.717) is 16.5 Å². The minimum atomic E-state index is -1.01. The monoisotopic (exact) mass is 286 g/mol. The van der Waals surface area contributed by atoms with Gasteiger partial charge in [-0.3, -0.25) is 14.9 Å². The van der Waals surface area contributed by atoms with Gasteiger partial charge in [0.15, 0.2) is 0 Å². The Hall–Kier alpha value is -1.79. The van der Waals surface area contributed by atoms with Crippen molar-refractivity contribution in [1.82, 2.24) is 5.32 Å². The van der Waals surface area contributed by atoms with Crippen LogP contribution in [0.5, 0.6) is 5.75 Å². The van der Waals surface area contributed by atoms with E-state index in [1.807, 2.05) is 0 Å². The molecule has 19 heavy (non-hydrogen) atoms. The SMILES string of the molecule is COc1ccc(NC(=O)CN[C@@H](C)C(=O)O)cc1Cl. The standard InChI is InChI=1S/C12H15ClN2O4/c1-7(12(17)18)14-6-11(16)15-8-3-4-10(19-2)9(13)5-8/h3-5,7,14H,6H2,1-2H3,(H,15,16)(H,17,18)/t7-/m0/s1. The number of nitrogens with one attached hydrogen (secondary N) is 2. The van der Waals surface area contributed by atoms with Crippen molar-refractivity contribution in [2.24, 2.45) is 0 Å². The molecular weight excluding hydrogens is 272 g/mol. The first-order valence-electron chi connectivity index (χ1n) is 5.53. The Morgan fingerprint density at radius 1 is 1.47 bits per heavy atom. The zero-order valence-electron chi connectivity index (χ0n) is 10.6. The van der Waals surface area contributed by atoms with Gasteiger partial charge in [-0.15, -0.1) is 0 Å². The molecule has 0 aliphatic heterocycles. The topological polar surface area (TPSA) is 87.7 Å². The zero-order valence-corrected chi connectivity index (χ0v) is 11.3. The number of hydrogen-bond donors (Lipinski definition) is 3. The molecule has 0 unspecified atom stereocenters. The van der Waals surface area contributed by atoms with Gasteiger partial charge < -0.3 is 15.2 Å². The van der Waals surface area contributed by atoms with Crippen LogP contribution in [0.25, 0.3) is 0 Å². The molecule has 1 aromatic carbocycles. The molecule has 0 aliphatic rings. The highest BCUT2D eigenvalue weighted by Gasteiger charge is 2.12. The van der Waals surface area contributed by atoms with Crippen molar-refractivity contribution >= 4 is 29.2 Å². The van der Waals surface area contributed by atoms with E-state index in [-0.39, 0.29) is 12.5 Å². The Bertz CT molecular complexity index is 479. The predicted octanol–water partition coefficient (Wildman–Crippen LogP) is 1.35. The summed E-state index contributed by atoms with van der Waals surface area (Å²) in [6.07, 6.45) is 0. The number of aliphatic carboxylic acids is 1. The van der Waals surface area contributed by atoms with Gasteiger partial charge in [0.2, 0.25) is 5.91 Å². The molecule has 0 saturated carbocycles. The number of carboxylic acids is 1. The minimum Gasteiger partial charge on any atom is -0.495 e. The molecule has 0 fully saturated rings. The molecule has 6 nitrogen and oxygen atoms in total. The number of carboxylic acid groups (broad SMARTS) is 1. The number of carbonyl (C=O) groups is 2. The number of carbonyl (C=O) groups excluding carboxylic acids is 1. The van der Waals surface area contributed by atoms with Gasteiger partial charge in [-0.25, -0.2) is 0 Å². The lowest BCUT2D eigenvalue weighted by molar-refractivity contribution is -0.139. The van der Waals surface area contributed by atoms with E-state index in [9.17, 15) is 9.59 Å². The van der Waals surface area contributed by atoms with Crippen molar-refractivity contribution in [3.63, 3.8) is 0 Å². The number of hydrogen-bond acceptors (Lipinski definition) is 4. The fourth-order valence-corrected chi connectivity index (χ4v) is 1.54. The summed E-state index contributed by atoms with van der Waals surface area (Å²) < 4.78 is 4.99. The quantitative estimate of drug-likeness (QED) is 0.735. The Morgan fingerprint density at radius 3 is 2.68 bits per heavy atom. The third kappa shape index (κ3) is 4.76. The molecule has 0 aliphatic carbocycles. The largest absolute Gasteiger partial charge is 0.495 e. The van der Waals surface area contributed by atoms with Gasteiger partial charge in [0.05, 0.1) is 18.7 Å². The highest BCUT2D eigenvalue weighted by Crippen LogP contribution is 2.26. The number of halogens is 1. The molecule has 0 aromatic heterocycles. The molecule has 1 rings (SSSR count). The van der Waals surface area contributed by atoms with Crippen LogP contribution in [0.3, 0.4) is 0 Å². The number of anilines is 1. The van der Waals surface area contributed by atoms with Gasteiger partial charge in [-0.1, -0.05) is 11.6 Å². The van der Waals surface area contributed by atoms with Crippen LogP contribution >= 0.6 is 11.6 Å². The van der Waals surface area contributed by atoms with Gasteiger partial charge in [-0.05, 0) is 25.1 Å². The number of amides is 1. The number of methoxy groups -OCH3 is 1. The van der Waals surface area contributed by atoms with E-state index in [0.717, 1.165) is 0 Å². The summed E-state index contributed by atoms with van der Waals surface area (Å²) in [4.78, 5) is 22.1. The van der Waals surface area contributed by atoms with Gasteiger partial charge in [0.1, 0.15) is 11.8 Å². The van der Waals surface area contributed by atoms with Crippen LogP contribution in [0, 0.1) is 0 Å². The second-order valence-corrected chi connectivity index (χ2v) is 4.25. The number of benzene rings is 1. The average Bonchev–Trinajstić information content (AvgIpc) is 2.36. The fraction of sp³-hybridized carbons (Fsp3) is 0.333. The first-order chi connectivity index (χ1) is 8.93. The van der Waals surface area contributed by atoms with Crippen LogP contribution in [-0.4, -0.2) is 36.7 Å². The summed E-state index contributed by atoms with van der Waals surface area (Å²) in [5, 5.41) is 14.2. The normalized spacial score (nSPS) is 11.7. The highest BCUT2D eigenvalue weighted by atomic mass is 35.5. The molecule has 0 saturated heterocycles. The van der Waals surface area contributed by atoms with Crippen molar-refractivity contribution in [2.75, 3.05) is 19.0 Å². The van der Waals surface area contributed by atoms with E-state index in [1.165, 1.54) is 14.0 Å². The zero-order chi connectivity index (χ0) is 14.4. The van der Waals surface area contributed by atoms with Crippen LogP contribution in [0.1, 0.15) is 6.92 Å². The van der Waals surface area contributed by atoms with Crippen molar-refractivity contribution in [1.29, 1.82) is 0 Å². The van der Waals surface area contributed by atoms with Crippen LogP contribution in [0.15, 0.2) is 18.2 Å². The van der Waals surface area contributed by atoms with E-state index >= 15 is 0 Å². The maximum Gasteiger partial charge on any atom is 0.320 e. The first kappa shape index (κ1) is 15.3. The summed E-state index contributed by atoms with van der Waals surface area (Å²) in [5.74, 6) is -0.855. The molecular formula is C12H15ClN2O4. The lowest BCUT2D eigenvalue weighted by Crippen LogP contribution is -2.39. The molecule has 0 bridgehead atoms. The predicted molar refractivity (Wildman–Crippen MR) is 71.7 cm³/mol. The van der Waals surface area contributed by atoms with Crippen molar-refractivity contribution < 1.29 is 19.4 Å². The molecule has 0 heterocycles. The van der Waals surface area contributed by atoms with Gasteiger partial charge in [0, 0.05) is 5.69 Å². The Balaban J connectivity index is 2.53. The highest BCUT2D eigenvalue weighted by molar-refractivity contribution is 6.32. The first-order valence-corrected chi connectivity index (χ1v) is 5.91. The third-order valence-electron chi connectivity index (χ3n) is 2.37. The van der Waals surface area contributed by atoms with Gasteiger partial charge in [-0.2, -0.15) is 0 Å². The molecule has 3 N–H and O–H groups in total. The van der Waals surface area contributed by atoms with E-state index in [4.69, 9.17) is 21.4 Å². The van der Waals surface area contributed by atoms with Gasteiger partial charge >= 0.3 is 5.97 Å². The Labute approximate surface area is 115 Å². The molecule has 1 atom stereocenters. The molecule has 104 valence electrons. The average molecular weight is 287 g/mol. The van der Waals surface area contributed by atoms with Crippen LogP contribution < -0.4 is 15.4 Å². The Morgan fingerprint density at radius 2 is 2.16 bits per heavy atom. The van der Waals surface area contributed by atoms with E-state index in [2.05, 4.69) is 10.6 Å². The Kier molecular flexibility index (Phi) is 5.59. The minimum absolute atomic E-state index is 0.100. The summed E-state index contributed by atoms with van der Waals surface area (Å²) >= 11 is 5.91. The molecule has 7 heteroatoms. The summed E-state index contributed by atoms with van der Waals surface area (Å²) in [6, 6.07) is 4.04. The second kappa shape index (κ2) is 6.96. The lowest BCUT2D eigenvalue weighted by atomic mass is 10.3. The smallest absolute Gasteiger partial charge is 0.320 e.